The van der Waals surface area contributed by atoms with Crippen molar-refractivity contribution in [1.82, 2.24) is 15.6 Å². The molecule has 0 aliphatic heterocycles. The minimum absolute atomic E-state index is 0.0784. The molecule has 0 radical (unpaired) electrons. The molecule has 3 N–H and O–H groups in total. The minimum Gasteiger partial charge on any atom is -0.462 e. The number of hydrogen-bond donors (Lipinski definition) is 3. The van der Waals surface area contributed by atoms with E-state index in [2.05, 4.69) is 15.6 Å². The fourth-order valence-electron chi connectivity index (χ4n) is 1.99. The first-order valence-corrected chi connectivity index (χ1v) is 7.32. The number of likely N-dealkylation sites (N-methyl/N-ethyl adjacent to an activating group) is 1. The molecule has 132 valence electrons. The number of H-pyrrole nitrogens is 1. The van der Waals surface area contributed by atoms with Gasteiger partial charge in [0.05, 0.1) is 18.7 Å². The number of ether oxygens (including phenoxy) is 2. The Kier molecular flexibility index (Phi) is 6.97. The van der Waals surface area contributed by atoms with E-state index >= 15 is 0 Å². The zero-order valence-electron chi connectivity index (χ0n) is 14.1. The van der Waals surface area contributed by atoms with Gasteiger partial charge in [-0.2, -0.15) is 0 Å². The maximum Gasteiger partial charge on any atom is 0.355 e. The average molecular weight is 339 g/mol. The van der Waals surface area contributed by atoms with E-state index in [0.29, 0.717) is 11.3 Å². The second-order valence-corrected chi connectivity index (χ2v) is 4.87. The summed E-state index contributed by atoms with van der Waals surface area (Å²) in [5.74, 6) is -2.30. The van der Waals surface area contributed by atoms with Crippen LogP contribution in [-0.2, 0) is 19.1 Å². The quantitative estimate of drug-likeness (QED) is 0.592. The maximum absolute atomic E-state index is 12.0. The topological polar surface area (TPSA) is 127 Å². The lowest BCUT2D eigenvalue weighted by molar-refractivity contribution is -0.127. The molecule has 0 aromatic carbocycles. The fourth-order valence-corrected chi connectivity index (χ4v) is 1.99. The summed E-state index contributed by atoms with van der Waals surface area (Å²) in [6.07, 6.45) is 0. The predicted molar refractivity (Wildman–Crippen MR) is 83.6 cm³/mol. The van der Waals surface area contributed by atoms with Gasteiger partial charge in [0.25, 0.3) is 5.91 Å². The van der Waals surface area contributed by atoms with Crippen LogP contribution in [0.4, 0.5) is 0 Å². The molecular weight excluding hydrogens is 318 g/mol. The second-order valence-electron chi connectivity index (χ2n) is 4.87. The molecule has 9 nitrogen and oxygen atoms in total. The highest BCUT2D eigenvalue weighted by atomic mass is 16.5. The third-order valence-electron chi connectivity index (χ3n) is 3.18. The second kappa shape index (κ2) is 8.70. The number of hydrogen-bond acceptors (Lipinski definition) is 6. The summed E-state index contributed by atoms with van der Waals surface area (Å²) < 4.78 is 9.81. The molecule has 0 aliphatic rings. The lowest BCUT2D eigenvalue weighted by Crippen LogP contribution is -2.37. The predicted octanol–water partition coefficient (Wildman–Crippen LogP) is -0.173. The van der Waals surface area contributed by atoms with Gasteiger partial charge in [0.1, 0.15) is 5.69 Å². The van der Waals surface area contributed by atoms with E-state index in [1.54, 1.807) is 20.8 Å². The van der Waals surface area contributed by atoms with Crippen LogP contribution in [0.15, 0.2) is 0 Å². The molecule has 0 spiro atoms. The third-order valence-corrected chi connectivity index (χ3v) is 3.18. The van der Waals surface area contributed by atoms with Crippen molar-refractivity contribution in [3.8, 4) is 0 Å². The first-order chi connectivity index (χ1) is 11.3. The average Bonchev–Trinajstić information content (AvgIpc) is 2.85. The van der Waals surface area contributed by atoms with Gasteiger partial charge in [-0.25, -0.2) is 9.59 Å². The van der Waals surface area contributed by atoms with Crippen LogP contribution in [0, 0.1) is 13.8 Å². The number of esters is 2. The Hall–Kier alpha value is -2.84. The summed E-state index contributed by atoms with van der Waals surface area (Å²) in [6, 6.07) is 0. The number of aromatic nitrogens is 1. The van der Waals surface area contributed by atoms with Gasteiger partial charge < -0.3 is 25.1 Å². The van der Waals surface area contributed by atoms with Gasteiger partial charge in [0, 0.05) is 12.7 Å². The highest BCUT2D eigenvalue weighted by Crippen LogP contribution is 2.19. The van der Waals surface area contributed by atoms with Gasteiger partial charge in [-0.1, -0.05) is 0 Å². The number of rotatable bonds is 7. The van der Waals surface area contributed by atoms with E-state index in [9.17, 15) is 19.2 Å². The molecular formula is C15H21N3O6. The van der Waals surface area contributed by atoms with Gasteiger partial charge in [-0.3, -0.25) is 9.59 Å². The summed E-state index contributed by atoms with van der Waals surface area (Å²) >= 11 is 0. The Morgan fingerprint density at radius 3 is 2.29 bits per heavy atom. The molecule has 0 fully saturated rings. The Balaban J connectivity index is 2.69. The van der Waals surface area contributed by atoms with E-state index in [1.807, 2.05) is 0 Å². The molecule has 0 saturated carbocycles. The van der Waals surface area contributed by atoms with E-state index in [1.165, 1.54) is 7.05 Å². The van der Waals surface area contributed by atoms with Crippen LogP contribution in [0.1, 0.15) is 39.0 Å². The van der Waals surface area contributed by atoms with Crippen molar-refractivity contribution in [3.63, 3.8) is 0 Å². The summed E-state index contributed by atoms with van der Waals surface area (Å²) in [6.45, 7) is 4.36. The molecule has 2 amide bonds. The zero-order chi connectivity index (χ0) is 18.3. The van der Waals surface area contributed by atoms with E-state index in [0.717, 1.165) is 0 Å². The molecule has 1 rings (SSSR count). The van der Waals surface area contributed by atoms with Crippen LogP contribution >= 0.6 is 0 Å². The van der Waals surface area contributed by atoms with Crippen molar-refractivity contribution in [2.24, 2.45) is 0 Å². The van der Waals surface area contributed by atoms with Crippen LogP contribution < -0.4 is 10.6 Å². The molecule has 1 aromatic heterocycles. The molecule has 0 atom stereocenters. The number of carbonyl (C=O) groups is 4. The van der Waals surface area contributed by atoms with Crippen LogP contribution in [0.3, 0.4) is 0 Å². The Morgan fingerprint density at radius 2 is 1.71 bits per heavy atom. The molecule has 1 heterocycles. The van der Waals surface area contributed by atoms with Crippen LogP contribution in [0.25, 0.3) is 0 Å². The number of nitrogens with one attached hydrogen (secondary N) is 3. The van der Waals surface area contributed by atoms with Gasteiger partial charge >= 0.3 is 11.9 Å². The van der Waals surface area contributed by atoms with Gasteiger partial charge in [-0.05, 0) is 26.3 Å². The number of carbonyl (C=O) groups excluding carboxylic acids is 4. The van der Waals surface area contributed by atoms with Crippen molar-refractivity contribution in [1.29, 1.82) is 0 Å². The van der Waals surface area contributed by atoms with Crippen LogP contribution in [0.5, 0.6) is 0 Å². The highest BCUT2D eigenvalue weighted by molar-refractivity contribution is 5.99. The number of amides is 2. The summed E-state index contributed by atoms with van der Waals surface area (Å²) in [7, 11) is 1.44. The molecule has 0 bridgehead atoms. The first-order valence-electron chi connectivity index (χ1n) is 7.32. The zero-order valence-corrected chi connectivity index (χ0v) is 14.1. The van der Waals surface area contributed by atoms with Gasteiger partial charge in [0.2, 0.25) is 5.91 Å². The Morgan fingerprint density at radius 1 is 1.04 bits per heavy atom. The summed E-state index contributed by atoms with van der Waals surface area (Å²) in [5.41, 5.74) is 1.21. The lowest BCUT2D eigenvalue weighted by atomic mass is 10.1. The highest BCUT2D eigenvalue weighted by Gasteiger charge is 2.24. The summed E-state index contributed by atoms with van der Waals surface area (Å²) in [5, 5.41) is 4.63. The van der Waals surface area contributed by atoms with Crippen molar-refractivity contribution in [2.75, 3.05) is 26.8 Å². The standard InChI is InChI=1S/C15H21N3O6/c1-5-23-14(21)12-8(2)13(18-9(12)3)15(22)24-7-11(20)17-6-10(19)16-4/h18H,5-7H2,1-4H3,(H,16,19)(H,17,20). The van der Waals surface area contributed by atoms with Gasteiger partial charge in [0.15, 0.2) is 6.61 Å². The smallest absolute Gasteiger partial charge is 0.355 e. The monoisotopic (exact) mass is 339 g/mol. The van der Waals surface area contributed by atoms with Gasteiger partial charge in [-0.15, -0.1) is 0 Å². The van der Waals surface area contributed by atoms with Crippen LogP contribution in [-0.4, -0.2) is 55.5 Å². The van der Waals surface area contributed by atoms with E-state index in [4.69, 9.17) is 9.47 Å². The molecule has 0 saturated heterocycles. The molecule has 9 heteroatoms. The SMILES string of the molecule is CCOC(=O)c1c(C)[nH]c(C(=O)OCC(=O)NCC(=O)NC)c1C. The normalized spacial score (nSPS) is 10.0. The molecule has 1 aromatic rings. The van der Waals surface area contributed by atoms with Crippen molar-refractivity contribution in [3.05, 3.63) is 22.5 Å². The third kappa shape index (κ3) is 4.83. The van der Waals surface area contributed by atoms with Crippen LogP contribution in [0.2, 0.25) is 0 Å². The summed E-state index contributed by atoms with van der Waals surface area (Å²) in [4.78, 5) is 49.2. The molecule has 24 heavy (non-hydrogen) atoms. The minimum atomic E-state index is -0.777. The first kappa shape index (κ1) is 19.2. The number of aryl methyl sites for hydroxylation is 1. The van der Waals surface area contributed by atoms with E-state index < -0.39 is 24.5 Å². The molecule has 0 aliphatic carbocycles. The fraction of sp³-hybridized carbons (Fsp3) is 0.467. The Labute approximate surface area is 139 Å². The largest absolute Gasteiger partial charge is 0.462 e. The lowest BCUT2D eigenvalue weighted by Gasteiger charge is -2.06. The molecule has 0 unspecified atom stereocenters. The van der Waals surface area contributed by atoms with Crippen molar-refractivity contribution in [2.45, 2.75) is 20.8 Å². The maximum atomic E-state index is 12.0. The van der Waals surface area contributed by atoms with E-state index in [-0.39, 0.29) is 30.3 Å². The van der Waals surface area contributed by atoms with Crippen molar-refractivity contribution >= 4 is 23.8 Å². The number of aromatic amines is 1. The van der Waals surface area contributed by atoms with Crippen molar-refractivity contribution < 1.29 is 28.7 Å². The Bertz CT molecular complexity index is 650.